The van der Waals surface area contributed by atoms with Crippen LogP contribution in [0.4, 0.5) is 0 Å². The number of carbonyl (C=O) groups is 1. The molecule has 0 fully saturated rings. The summed E-state index contributed by atoms with van der Waals surface area (Å²) in [6, 6.07) is 16.4. The molecule has 26 heavy (non-hydrogen) atoms. The van der Waals surface area contributed by atoms with Gasteiger partial charge in [-0.25, -0.2) is 5.43 Å². The van der Waals surface area contributed by atoms with Gasteiger partial charge in [-0.2, -0.15) is 5.10 Å². The Morgan fingerprint density at radius 2 is 1.77 bits per heavy atom. The Morgan fingerprint density at radius 3 is 2.38 bits per heavy atom. The molecule has 0 aliphatic rings. The molecule has 0 unspecified atom stereocenters. The maximum atomic E-state index is 12.0. The monoisotopic (exact) mass is 432 g/mol. The smallest absolute Gasteiger partial charge is 0.250 e. The first-order chi connectivity index (χ1) is 12.3. The number of nitrogens with one attached hydrogen (secondary N) is 1. The number of benzene rings is 2. The van der Waals surface area contributed by atoms with Crippen molar-refractivity contribution in [2.45, 2.75) is 38.9 Å². The first-order valence-corrected chi connectivity index (χ1v) is 10.5. The molecule has 0 saturated heterocycles. The summed E-state index contributed by atoms with van der Waals surface area (Å²) in [7, 11) is 0. The second-order valence-electron chi connectivity index (χ2n) is 7.14. The van der Waals surface area contributed by atoms with Crippen molar-refractivity contribution in [1.82, 2.24) is 5.43 Å². The third kappa shape index (κ3) is 6.29. The van der Waals surface area contributed by atoms with Crippen LogP contribution in [0.15, 0.2) is 58.1 Å². The molecular formula is C21H25BrN2OS. The number of rotatable bonds is 6. The van der Waals surface area contributed by atoms with Gasteiger partial charge in [-0.3, -0.25) is 4.79 Å². The van der Waals surface area contributed by atoms with Crippen LogP contribution < -0.4 is 5.43 Å². The fraction of sp³-hybridized carbons (Fsp3) is 0.333. The highest BCUT2D eigenvalue weighted by atomic mass is 79.9. The van der Waals surface area contributed by atoms with Gasteiger partial charge in [-0.1, -0.05) is 79.2 Å². The Kier molecular flexibility index (Phi) is 7.47. The molecule has 0 spiro atoms. The van der Waals surface area contributed by atoms with E-state index in [0.717, 1.165) is 21.5 Å². The summed E-state index contributed by atoms with van der Waals surface area (Å²) < 4.78 is 1.07. The minimum Gasteiger partial charge on any atom is -0.272 e. The molecule has 0 aliphatic carbocycles. The highest BCUT2D eigenvalue weighted by Crippen LogP contribution is 2.22. The Hall–Kier alpha value is -1.59. The van der Waals surface area contributed by atoms with Crippen molar-refractivity contribution in [2.75, 3.05) is 5.75 Å². The zero-order valence-corrected chi connectivity index (χ0v) is 18.1. The van der Waals surface area contributed by atoms with E-state index in [1.54, 1.807) is 11.8 Å². The summed E-state index contributed by atoms with van der Waals surface area (Å²) in [6.07, 6.45) is 0. The first-order valence-electron chi connectivity index (χ1n) is 8.52. The molecule has 138 valence electrons. The van der Waals surface area contributed by atoms with Crippen molar-refractivity contribution in [2.24, 2.45) is 5.10 Å². The Balaban J connectivity index is 1.84. The molecule has 1 N–H and O–H groups in total. The van der Waals surface area contributed by atoms with Crippen molar-refractivity contribution in [1.29, 1.82) is 0 Å². The van der Waals surface area contributed by atoms with Gasteiger partial charge < -0.3 is 0 Å². The van der Waals surface area contributed by atoms with Crippen molar-refractivity contribution in [3.8, 4) is 0 Å². The molecule has 0 saturated carbocycles. The predicted octanol–water partition coefficient (Wildman–Crippen LogP) is 5.52. The summed E-state index contributed by atoms with van der Waals surface area (Å²) in [5, 5.41) is 4.22. The summed E-state index contributed by atoms with van der Waals surface area (Å²) in [6.45, 7) is 8.47. The molecule has 2 aromatic rings. The lowest BCUT2D eigenvalue weighted by Gasteiger charge is -2.19. The third-order valence-corrected chi connectivity index (χ3v) is 5.72. The molecule has 1 amide bonds. The summed E-state index contributed by atoms with van der Waals surface area (Å²) in [5.74, 6) is 1.07. The Labute approximate surface area is 168 Å². The summed E-state index contributed by atoms with van der Waals surface area (Å²) in [5.41, 5.74) is 7.05. The van der Waals surface area contributed by atoms with Crippen LogP contribution in [0.5, 0.6) is 0 Å². The SMILES string of the molecule is CC(=NNC(=O)CSCc1ccccc1Br)c1ccc(C(C)(C)C)cc1. The molecule has 0 radical (unpaired) electrons. The topological polar surface area (TPSA) is 41.5 Å². The van der Waals surface area contributed by atoms with Gasteiger partial charge in [0.15, 0.2) is 0 Å². The van der Waals surface area contributed by atoms with Gasteiger partial charge in [0.1, 0.15) is 0 Å². The number of nitrogens with zero attached hydrogens (tertiary/aromatic N) is 1. The molecule has 0 atom stereocenters. The lowest BCUT2D eigenvalue weighted by molar-refractivity contribution is -0.118. The van der Waals surface area contributed by atoms with Gasteiger partial charge in [0.25, 0.3) is 0 Å². The molecular weight excluding hydrogens is 408 g/mol. The number of amides is 1. The fourth-order valence-electron chi connectivity index (χ4n) is 2.32. The minimum atomic E-state index is -0.0901. The highest BCUT2D eigenvalue weighted by Gasteiger charge is 2.13. The van der Waals surface area contributed by atoms with Crippen LogP contribution in [0.2, 0.25) is 0 Å². The first kappa shape index (κ1) is 20.7. The molecule has 0 aromatic heterocycles. The second-order valence-corrected chi connectivity index (χ2v) is 8.98. The quantitative estimate of drug-likeness (QED) is 0.482. The van der Waals surface area contributed by atoms with Gasteiger partial charge in [-0.15, -0.1) is 11.8 Å². The van der Waals surface area contributed by atoms with Crippen LogP contribution in [0.25, 0.3) is 0 Å². The van der Waals surface area contributed by atoms with E-state index in [1.165, 1.54) is 11.1 Å². The molecule has 5 heteroatoms. The van der Waals surface area contributed by atoms with E-state index in [-0.39, 0.29) is 11.3 Å². The van der Waals surface area contributed by atoms with Crippen LogP contribution in [-0.4, -0.2) is 17.4 Å². The van der Waals surface area contributed by atoms with Crippen molar-refractivity contribution < 1.29 is 4.79 Å². The van der Waals surface area contributed by atoms with Crippen molar-refractivity contribution in [3.05, 3.63) is 69.7 Å². The maximum absolute atomic E-state index is 12.0. The highest BCUT2D eigenvalue weighted by molar-refractivity contribution is 9.10. The number of hydrogen-bond acceptors (Lipinski definition) is 3. The Bertz CT molecular complexity index is 779. The van der Waals surface area contributed by atoms with E-state index in [1.807, 2.05) is 37.3 Å². The molecule has 3 nitrogen and oxygen atoms in total. The normalized spacial score (nSPS) is 12.1. The van der Waals surface area contributed by atoms with E-state index in [9.17, 15) is 4.79 Å². The molecule has 0 bridgehead atoms. The number of hydrazone groups is 1. The van der Waals surface area contributed by atoms with E-state index < -0.39 is 0 Å². The standard InChI is InChI=1S/C21H25BrN2OS/c1-15(16-9-11-18(12-10-16)21(2,3)4)23-24-20(25)14-26-13-17-7-5-6-8-19(17)22/h5-12H,13-14H2,1-4H3,(H,24,25). The molecule has 2 rings (SSSR count). The lowest BCUT2D eigenvalue weighted by atomic mass is 9.86. The number of hydrogen-bond donors (Lipinski definition) is 1. The lowest BCUT2D eigenvalue weighted by Crippen LogP contribution is -2.21. The number of thioether (sulfide) groups is 1. The van der Waals surface area contributed by atoms with Gasteiger partial charge in [0.2, 0.25) is 5.91 Å². The van der Waals surface area contributed by atoms with Crippen LogP contribution in [-0.2, 0) is 16.0 Å². The zero-order valence-electron chi connectivity index (χ0n) is 15.7. The van der Waals surface area contributed by atoms with E-state index >= 15 is 0 Å². The zero-order chi connectivity index (χ0) is 19.2. The average Bonchev–Trinajstić information content (AvgIpc) is 2.60. The second kappa shape index (κ2) is 9.38. The predicted molar refractivity (Wildman–Crippen MR) is 116 cm³/mol. The van der Waals surface area contributed by atoms with Crippen molar-refractivity contribution >= 4 is 39.3 Å². The van der Waals surface area contributed by atoms with Gasteiger partial charge >= 0.3 is 0 Å². The van der Waals surface area contributed by atoms with Crippen LogP contribution in [0.1, 0.15) is 44.4 Å². The van der Waals surface area contributed by atoms with Crippen LogP contribution in [0.3, 0.4) is 0 Å². The van der Waals surface area contributed by atoms with Crippen molar-refractivity contribution in [3.63, 3.8) is 0 Å². The fourth-order valence-corrected chi connectivity index (χ4v) is 3.76. The van der Waals surface area contributed by atoms with Gasteiger partial charge in [0, 0.05) is 10.2 Å². The molecule has 0 heterocycles. The third-order valence-electron chi connectivity index (χ3n) is 3.97. The molecule has 2 aromatic carbocycles. The van der Waals surface area contributed by atoms with Crippen LogP contribution in [0, 0.1) is 0 Å². The summed E-state index contributed by atoms with van der Waals surface area (Å²) >= 11 is 5.09. The van der Waals surface area contributed by atoms with Gasteiger partial charge in [-0.05, 0) is 35.1 Å². The Morgan fingerprint density at radius 1 is 1.12 bits per heavy atom. The minimum absolute atomic E-state index is 0.0901. The van der Waals surface area contributed by atoms with Crippen LogP contribution >= 0.6 is 27.7 Å². The van der Waals surface area contributed by atoms with E-state index in [2.05, 4.69) is 65.4 Å². The van der Waals surface area contributed by atoms with Gasteiger partial charge in [0.05, 0.1) is 11.5 Å². The maximum Gasteiger partial charge on any atom is 0.250 e. The largest absolute Gasteiger partial charge is 0.272 e. The molecule has 0 aliphatic heterocycles. The van der Waals surface area contributed by atoms with E-state index in [4.69, 9.17) is 0 Å². The average molecular weight is 433 g/mol. The summed E-state index contributed by atoms with van der Waals surface area (Å²) in [4.78, 5) is 12.0. The number of halogens is 1. The van der Waals surface area contributed by atoms with E-state index in [0.29, 0.717) is 5.75 Å². The number of carbonyl (C=O) groups excluding carboxylic acids is 1.